The number of aryl methyl sites for hydroxylation is 2. The van der Waals surface area contributed by atoms with E-state index in [0.717, 1.165) is 11.3 Å². The number of fused-ring (bicyclic) bond motifs is 1. The van der Waals surface area contributed by atoms with Crippen LogP contribution in [0, 0.1) is 19.8 Å². The third kappa shape index (κ3) is 4.51. The molecule has 2 aliphatic rings. The molecule has 1 fully saturated rings. The van der Waals surface area contributed by atoms with E-state index in [9.17, 15) is 18.0 Å². The van der Waals surface area contributed by atoms with Crippen molar-refractivity contribution in [2.45, 2.75) is 38.1 Å². The fourth-order valence-corrected chi connectivity index (χ4v) is 5.60. The second-order valence-electron chi connectivity index (χ2n) is 8.14. The molecular weight excluding hydrogens is 434 g/mol. The van der Waals surface area contributed by atoms with Crippen LogP contribution in [0.25, 0.3) is 0 Å². The predicted molar refractivity (Wildman–Crippen MR) is 117 cm³/mol. The number of piperidine rings is 1. The Hall–Kier alpha value is -2.85. The van der Waals surface area contributed by atoms with Crippen LogP contribution in [-0.4, -0.2) is 49.9 Å². The molecule has 1 aromatic heterocycles. The van der Waals surface area contributed by atoms with Gasteiger partial charge in [0.05, 0.1) is 4.90 Å². The SMILES string of the molecule is Cc1cc(C)c(CNC(=O)C2CCN(S(=O)(=O)c3ccc4c(c3)OCCO4)CC2)c(=O)[nH]1. The lowest BCUT2D eigenvalue weighted by atomic mass is 9.97. The van der Waals surface area contributed by atoms with Crippen LogP contribution in [0.15, 0.2) is 34.0 Å². The maximum atomic E-state index is 13.1. The number of amides is 1. The topological polar surface area (TPSA) is 118 Å². The van der Waals surface area contributed by atoms with E-state index in [2.05, 4.69) is 10.3 Å². The molecule has 0 radical (unpaired) electrons. The summed E-state index contributed by atoms with van der Waals surface area (Å²) in [6.07, 6.45) is 0.831. The van der Waals surface area contributed by atoms with Crippen LogP contribution in [-0.2, 0) is 21.4 Å². The second kappa shape index (κ2) is 8.95. The van der Waals surface area contributed by atoms with Gasteiger partial charge in [-0.15, -0.1) is 0 Å². The van der Waals surface area contributed by atoms with E-state index in [1.54, 1.807) is 6.07 Å². The second-order valence-corrected chi connectivity index (χ2v) is 10.1. The highest BCUT2D eigenvalue weighted by Crippen LogP contribution is 2.34. The molecule has 9 nitrogen and oxygen atoms in total. The van der Waals surface area contributed by atoms with Gasteiger partial charge >= 0.3 is 0 Å². The minimum absolute atomic E-state index is 0.149. The van der Waals surface area contributed by atoms with E-state index < -0.39 is 10.0 Å². The molecule has 32 heavy (non-hydrogen) atoms. The van der Waals surface area contributed by atoms with E-state index in [-0.39, 0.29) is 41.9 Å². The zero-order valence-corrected chi connectivity index (χ0v) is 19.0. The van der Waals surface area contributed by atoms with E-state index in [4.69, 9.17) is 9.47 Å². The first-order valence-electron chi connectivity index (χ1n) is 10.6. The molecule has 0 unspecified atom stereocenters. The number of hydrogen-bond acceptors (Lipinski definition) is 6. The molecule has 1 amide bonds. The van der Waals surface area contributed by atoms with Gasteiger partial charge in [0, 0.05) is 42.9 Å². The molecular formula is C22H27N3O6S. The number of aromatic nitrogens is 1. The minimum Gasteiger partial charge on any atom is -0.486 e. The van der Waals surface area contributed by atoms with Crippen molar-refractivity contribution in [2.75, 3.05) is 26.3 Å². The Morgan fingerprint density at radius 2 is 1.81 bits per heavy atom. The molecule has 1 aromatic carbocycles. The first-order valence-corrected chi connectivity index (χ1v) is 12.1. The van der Waals surface area contributed by atoms with Gasteiger partial charge in [0.15, 0.2) is 11.5 Å². The molecule has 1 saturated heterocycles. The third-order valence-corrected chi connectivity index (χ3v) is 7.80. The molecule has 172 valence electrons. The van der Waals surface area contributed by atoms with Crippen LogP contribution in [0.5, 0.6) is 11.5 Å². The highest BCUT2D eigenvalue weighted by molar-refractivity contribution is 7.89. The smallest absolute Gasteiger partial charge is 0.253 e. The van der Waals surface area contributed by atoms with Crippen molar-refractivity contribution >= 4 is 15.9 Å². The van der Waals surface area contributed by atoms with Crippen molar-refractivity contribution in [1.82, 2.24) is 14.6 Å². The average molecular weight is 462 g/mol. The van der Waals surface area contributed by atoms with E-state index in [1.807, 2.05) is 19.9 Å². The molecule has 0 saturated carbocycles. The largest absolute Gasteiger partial charge is 0.486 e. The summed E-state index contributed by atoms with van der Waals surface area (Å²) in [4.78, 5) is 27.7. The Morgan fingerprint density at radius 1 is 1.12 bits per heavy atom. The Labute approximate surface area is 186 Å². The Bertz CT molecular complexity index is 1180. The summed E-state index contributed by atoms with van der Waals surface area (Å²) in [6, 6.07) is 6.48. The number of hydrogen-bond donors (Lipinski definition) is 2. The highest BCUT2D eigenvalue weighted by atomic mass is 32.2. The number of carbonyl (C=O) groups excluding carboxylic acids is 1. The number of nitrogens with one attached hydrogen (secondary N) is 2. The van der Waals surface area contributed by atoms with Crippen LogP contribution in [0.2, 0.25) is 0 Å². The van der Waals surface area contributed by atoms with E-state index >= 15 is 0 Å². The van der Waals surface area contributed by atoms with Gasteiger partial charge in [0.25, 0.3) is 5.56 Å². The Morgan fingerprint density at radius 3 is 2.50 bits per heavy atom. The van der Waals surface area contributed by atoms with Gasteiger partial charge in [0.1, 0.15) is 13.2 Å². The molecule has 2 aromatic rings. The van der Waals surface area contributed by atoms with Crippen LogP contribution >= 0.6 is 0 Å². The number of benzene rings is 1. The molecule has 0 aliphatic carbocycles. The standard InChI is InChI=1S/C22H27N3O6S/c1-14-11-15(2)24-22(27)18(14)13-23-21(26)16-5-7-25(8-6-16)32(28,29)17-3-4-19-20(12-17)31-10-9-30-19/h3-4,11-12,16H,5-10,13H2,1-2H3,(H,23,26)(H,24,27). The quantitative estimate of drug-likeness (QED) is 0.697. The van der Waals surface area contributed by atoms with Gasteiger partial charge < -0.3 is 19.8 Å². The number of sulfonamides is 1. The molecule has 0 atom stereocenters. The van der Waals surface area contributed by atoms with Crippen molar-refractivity contribution < 1.29 is 22.7 Å². The Balaban J connectivity index is 1.36. The summed E-state index contributed by atoms with van der Waals surface area (Å²) in [5.74, 6) is 0.494. The maximum absolute atomic E-state index is 13.1. The summed E-state index contributed by atoms with van der Waals surface area (Å²) >= 11 is 0. The number of nitrogens with zero attached hydrogens (tertiary/aromatic N) is 1. The average Bonchev–Trinajstić information content (AvgIpc) is 2.78. The van der Waals surface area contributed by atoms with Crippen LogP contribution in [0.3, 0.4) is 0 Å². The summed E-state index contributed by atoms with van der Waals surface area (Å²) in [7, 11) is -3.69. The first-order chi connectivity index (χ1) is 15.3. The van der Waals surface area contributed by atoms with Gasteiger partial charge in [-0.2, -0.15) is 4.31 Å². The van der Waals surface area contributed by atoms with E-state index in [1.165, 1.54) is 16.4 Å². The van der Waals surface area contributed by atoms with Crippen molar-refractivity contribution in [3.8, 4) is 11.5 Å². The van der Waals surface area contributed by atoms with Crippen LogP contribution < -0.4 is 20.3 Å². The lowest BCUT2D eigenvalue weighted by Gasteiger charge is -2.31. The van der Waals surface area contributed by atoms with Gasteiger partial charge in [-0.05, 0) is 50.5 Å². The lowest BCUT2D eigenvalue weighted by molar-refractivity contribution is -0.126. The van der Waals surface area contributed by atoms with Crippen molar-refractivity contribution in [3.05, 3.63) is 51.4 Å². The van der Waals surface area contributed by atoms with Crippen molar-refractivity contribution in [3.63, 3.8) is 0 Å². The maximum Gasteiger partial charge on any atom is 0.253 e. The number of ether oxygens (including phenoxy) is 2. The lowest BCUT2D eigenvalue weighted by Crippen LogP contribution is -2.43. The zero-order chi connectivity index (χ0) is 22.9. The molecule has 2 aliphatic heterocycles. The minimum atomic E-state index is -3.69. The van der Waals surface area contributed by atoms with Gasteiger partial charge in [-0.25, -0.2) is 8.42 Å². The first kappa shape index (κ1) is 22.3. The summed E-state index contributed by atoms with van der Waals surface area (Å²) in [5, 5.41) is 2.83. The van der Waals surface area contributed by atoms with Crippen LogP contribution in [0.4, 0.5) is 0 Å². The molecule has 2 N–H and O–H groups in total. The van der Waals surface area contributed by atoms with Gasteiger partial charge in [0.2, 0.25) is 15.9 Å². The molecule has 0 spiro atoms. The summed E-state index contributed by atoms with van der Waals surface area (Å²) in [5.41, 5.74) is 1.92. The molecule has 0 bridgehead atoms. The Kier molecular flexibility index (Phi) is 6.25. The van der Waals surface area contributed by atoms with Crippen molar-refractivity contribution in [1.29, 1.82) is 0 Å². The third-order valence-electron chi connectivity index (χ3n) is 5.91. The zero-order valence-electron chi connectivity index (χ0n) is 18.1. The fourth-order valence-electron chi connectivity index (χ4n) is 4.11. The number of H-pyrrole nitrogens is 1. The van der Waals surface area contributed by atoms with Crippen molar-refractivity contribution in [2.24, 2.45) is 5.92 Å². The number of rotatable bonds is 5. The summed E-state index contributed by atoms with van der Waals surface area (Å²) < 4.78 is 38.5. The normalized spacial score (nSPS) is 17.2. The molecule has 10 heteroatoms. The van der Waals surface area contributed by atoms with E-state index in [0.29, 0.717) is 43.1 Å². The predicted octanol–water partition coefficient (Wildman–Crippen LogP) is 1.48. The fraction of sp³-hybridized carbons (Fsp3) is 0.455. The number of carbonyl (C=O) groups is 1. The number of pyridine rings is 1. The van der Waals surface area contributed by atoms with Crippen LogP contribution in [0.1, 0.15) is 29.7 Å². The number of aromatic amines is 1. The van der Waals surface area contributed by atoms with Gasteiger partial charge in [-0.3, -0.25) is 9.59 Å². The highest BCUT2D eigenvalue weighted by Gasteiger charge is 2.33. The molecule has 3 heterocycles. The molecule has 4 rings (SSSR count). The monoisotopic (exact) mass is 461 g/mol. The summed E-state index contributed by atoms with van der Waals surface area (Å²) in [6.45, 7) is 5.11. The van der Waals surface area contributed by atoms with Gasteiger partial charge in [-0.1, -0.05) is 0 Å².